The van der Waals surface area contributed by atoms with Crippen molar-refractivity contribution in [3.63, 3.8) is 0 Å². The largest absolute Gasteiger partial charge is 0.481 e. The molecule has 0 saturated carbocycles. The average molecular weight is 220 g/mol. The predicted molar refractivity (Wildman–Crippen MR) is 67.4 cm³/mol. The number of nitrogens with two attached hydrogens (primary N) is 1. The maximum absolute atomic E-state index is 5.73. The maximum Gasteiger partial charge on any atom is 0.218 e. The van der Waals surface area contributed by atoms with Crippen molar-refractivity contribution in [3.8, 4) is 5.88 Å². The molecule has 0 spiro atoms. The van der Waals surface area contributed by atoms with Gasteiger partial charge in [0.15, 0.2) is 0 Å². The highest BCUT2D eigenvalue weighted by Crippen LogP contribution is 2.22. The zero-order valence-electron chi connectivity index (χ0n) is 10.3. The molecule has 0 aromatic carbocycles. The molecule has 0 aliphatic heterocycles. The number of aryl methyl sites for hydroxylation is 1. The topological polar surface area (TPSA) is 48.1 Å². The van der Waals surface area contributed by atoms with E-state index in [4.69, 9.17) is 10.5 Å². The summed E-state index contributed by atoms with van der Waals surface area (Å²) in [6, 6.07) is 2.04. The van der Waals surface area contributed by atoms with Gasteiger partial charge < -0.3 is 10.5 Å². The minimum atomic E-state index is 0.447. The number of rotatable bonds is 5. The Kier molecular flexibility index (Phi) is 4.99. The van der Waals surface area contributed by atoms with Crippen molar-refractivity contribution in [2.24, 2.45) is 5.73 Å². The molecule has 0 radical (unpaired) electrons. The van der Waals surface area contributed by atoms with Crippen molar-refractivity contribution in [2.45, 2.75) is 33.2 Å². The normalized spacial score (nSPS) is 11.0. The molecule has 0 unspecified atom stereocenters. The van der Waals surface area contributed by atoms with Gasteiger partial charge in [-0.25, -0.2) is 4.98 Å². The minimum absolute atomic E-state index is 0.447. The molecule has 2 N–H and O–H groups in total. The lowest BCUT2D eigenvalue weighted by atomic mass is 10.1. The fourth-order valence-electron chi connectivity index (χ4n) is 1.60. The van der Waals surface area contributed by atoms with Gasteiger partial charge in [0.2, 0.25) is 5.88 Å². The van der Waals surface area contributed by atoms with Gasteiger partial charge in [0.25, 0.3) is 0 Å². The summed E-state index contributed by atoms with van der Waals surface area (Å²) in [7, 11) is 1.63. The molecule has 0 aliphatic rings. The van der Waals surface area contributed by atoms with Crippen LogP contribution in [-0.4, -0.2) is 12.1 Å². The summed E-state index contributed by atoms with van der Waals surface area (Å²) >= 11 is 0. The highest BCUT2D eigenvalue weighted by molar-refractivity contribution is 5.57. The number of unbranched alkanes of at least 4 members (excludes halogenated alkanes) is 1. The van der Waals surface area contributed by atoms with Gasteiger partial charge in [-0.05, 0) is 25.0 Å². The van der Waals surface area contributed by atoms with Crippen LogP contribution in [0.5, 0.6) is 5.88 Å². The molecule has 16 heavy (non-hydrogen) atoms. The first-order valence-corrected chi connectivity index (χ1v) is 5.64. The molecule has 1 rings (SSSR count). The monoisotopic (exact) mass is 220 g/mol. The summed E-state index contributed by atoms with van der Waals surface area (Å²) < 4.78 is 5.24. The number of pyridine rings is 1. The van der Waals surface area contributed by atoms with Gasteiger partial charge in [0, 0.05) is 17.8 Å². The van der Waals surface area contributed by atoms with Crippen LogP contribution in [0.1, 0.15) is 36.6 Å². The van der Waals surface area contributed by atoms with Crippen LogP contribution < -0.4 is 10.5 Å². The first-order valence-electron chi connectivity index (χ1n) is 5.64. The van der Waals surface area contributed by atoms with E-state index >= 15 is 0 Å². The highest BCUT2D eigenvalue weighted by atomic mass is 16.5. The molecule has 0 amide bonds. The van der Waals surface area contributed by atoms with Crippen LogP contribution in [0.3, 0.4) is 0 Å². The van der Waals surface area contributed by atoms with E-state index in [0.29, 0.717) is 12.4 Å². The van der Waals surface area contributed by atoms with Gasteiger partial charge in [-0.1, -0.05) is 25.5 Å². The molecule has 0 fully saturated rings. The standard InChI is InChI=1S/C13H20N2O/c1-4-5-6-7-11-8-10(2)15-13(16-3)12(11)9-14/h6-8H,4-5,9,14H2,1-3H3. The molecular weight excluding hydrogens is 200 g/mol. The van der Waals surface area contributed by atoms with Gasteiger partial charge in [-0.15, -0.1) is 0 Å². The van der Waals surface area contributed by atoms with Crippen molar-refractivity contribution in [1.29, 1.82) is 0 Å². The van der Waals surface area contributed by atoms with Crippen molar-refractivity contribution in [3.05, 3.63) is 29.0 Å². The van der Waals surface area contributed by atoms with Crippen LogP contribution >= 0.6 is 0 Å². The molecule has 3 heteroatoms. The van der Waals surface area contributed by atoms with E-state index in [1.54, 1.807) is 7.11 Å². The van der Waals surface area contributed by atoms with E-state index < -0.39 is 0 Å². The third-order valence-electron chi connectivity index (χ3n) is 2.40. The van der Waals surface area contributed by atoms with Crippen LogP contribution in [0.25, 0.3) is 6.08 Å². The lowest BCUT2D eigenvalue weighted by Gasteiger charge is -2.10. The summed E-state index contributed by atoms with van der Waals surface area (Å²) in [6.07, 6.45) is 6.49. The number of allylic oxidation sites excluding steroid dienone is 1. The SMILES string of the molecule is CCCC=Cc1cc(C)nc(OC)c1CN. The second kappa shape index (κ2) is 6.28. The fraction of sp³-hybridized carbons (Fsp3) is 0.462. The number of methoxy groups -OCH3 is 1. The minimum Gasteiger partial charge on any atom is -0.481 e. The predicted octanol–water partition coefficient (Wildman–Crippen LogP) is 2.67. The van der Waals surface area contributed by atoms with Gasteiger partial charge in [-0.2, -0.15) is 0 Å². The smallest absolute Gasteiger partial charge is 0.218 e. The molecule has 88 valence electrons. The number of hydrogen-bond acceptors (Lipinski definition) is 3. The molecule has 0 aliphatic carbocycles. The molecule has 1 aromatic rings. The summed E-state index contributed by atoms with van der Waals surface area (Å²) in [4.78, 5) is 4.32. The Morgan fingerprint density at radius 1 is 1.50 bits per heavy atom. The summed E-state index contributed by atoms with van der Waals surface area (Å²) in [6.45, 7) is 4.56. The lowest BCUT2D eigenvalue weighted by Crippen LogP contribution is -2.05. The van der Waals surface area contributed by atoms with Crippen molar-refractivity contribution in [2.75, 3.05) is 7.11 Å². The van der Waals surface area contributed by atoms with Crippen LogP contribution in [0.4, 0.5) is 0 Å². The van der Waals surface area contributed by atoms with Gasteiger partial charge in [0.05, 0.1) is 7.11 Å². The lowest BCUT2D eigenvalue weighted by molar-refractivity contribution is 0.391. The number of aromatic nitrogens is 1. The summed E-state index contributed by atoms with van der Waals surface area (Å²) in [5.41, 5.74) is 8.76. The van der Waals surface area contributed by atoms with Crippen molar-refractivity contribution in [1.82, 2.24) is 4.98 Å². The number of ether oxygens (including phenoxy) is 1. The van der Waals surface area contributed by atoms with Gasteiger partial charge in [0.1, 0.15) is 0 Å². The average Bonchev–Trinajstić information content (AvgIpc) is 2.28. The Bertz CT molecular complexity index is 372. The van der Waals surface area contributed by atoms with Crippen LogP contribution in [0.2, 0.25) is 0 Å². The molecule has 3 nitrogen and oxygen atoms in total. The molecule has 0 saturated heterocycles. The third kappa shape index (κ3) is 3.07. The quantitative estimate of drug-likeness (QED) is 0.830. The second-order valence-corrected chi connectivity index (χ2v) is 3.74. The summed E-state index contributed by atoms with van der Waals surface area (Å²) in [5, 5.41) is 0. The van der Waals surface area contributed by atoms with Crippen molar-refractivity contribution >= 4 is 6.08 Å². The van der Waals surface area contributed by atoms with E-state index in [1.165, 1.54) is 0 Å². The van der Waals surface area contributed by atoms with E-state index in [0.717, 1.165) is 29.7 Å². The van der Waals surface area contributed by atoms with E-state index in [1.807, 2.05) is 13.0 Å². The third-order valence-corrected chi connectivity index (χ3v) is 2.40. The Hall–Kier alpha value is -1.35. The maximum atomic E-state index is 5.73. The Labute approximate surface area is 97.3 Å². The highest BCUT2D eigenvalue weighted by Gasteiger charge is 2.08. The van der Waals surface area contributed by atoms with Crippen LogP contribution in [-0.2, 0) is 6.54 Å². The number of hydrogen-bond donors (Lipinski definition) is 1. The van der Waals surface area contributed by atoms with E-state index in [9.17, 15) is 0 Å². The Balaban J connectivity index is 3.09. The molecular formula is C13H20N2O. The Morgan fingerprint density at radius 2 is 2.25 bits per heavy atom. The first-order chi connectivity index (χ1) is 7.72. The van der Waals surface area contributed by atoms with Gasteiger partial charge in [-0.3, -0.25) is 0 Å². The van der Waals surface area contributed by atoms with Crippen molar-refractivity contribution < 1.29 is 4.74 Å². The van der Waals surface area contributed by atoms with Gasteiger partial charge >= 0.3 is 0 Å². The molecule has 0 atom stereocenters. The first kappa shape index (κ1) is 12.7. The molecule has 0 bridgehead atoms. The van der Waals surface area contributed by atoms with Crippen LogP contribution in [0, 0.1) is 6.92 Å². The van der Waals surface area contributed by atoms with E-state index in [2.05, 4.69) is 24.1 Å². The molecule has 1 aromatic heterocycles. The zero-order valence-corrected chi connectivity index (χ0v) is 10.3. The zero-order chi connectivity index (χ0) is 12.0. The molecule has 1 heterocycles. The Morgan fingerprint density at radius 3 is 2.81 bits per heavy atom. The second-order valence-electron chi connectivity index (χ2n) is 3.74. The van der Waals surface area contributed by atoms with E-state index in [-0.39, 0.29) is 0 Å². The van der Waals surface area contributed by atoms with Crippen LogP contribution in [0.15, 0.2) is 12.1 Å². The summed E-state index contributed by atoms with van der Waals surface area (Å²) in [5.74, 6) is 0.638. The fourth-order valence-corrected chi connectivity index (χ4v) is 1.60. The number of nitrogens with zero attached hydrogens (tertiary/aromatic N) is 1.